The lowest BCUT2D eigenvalue weighted by atomic mass is 9.78. The van der Waals surface area contributed by atoms with E-state index in [1.807, 2.05) is 4.90 Å². The molecule has 0 aliphatic carbocycles. The molecule has 3 rings (SSSR count). The van der Waals surface area contributed by atoms with Gasteiger partial charge in [-0.3, -0.25) is 10.1 Å². The molecule has 0 N–H and O–H groups in total. The van der Waals surface area contributed by atoms with Gasteiger partial charge in [-0.1, -0.05) is 24.6 Å². The van der Waals surface area contributed by atoms with Crippen LogP contribution in [0.1, 0.15) is 44.1 Å². The monoisotopic (exact) mass is 400 g/mol. The zero-order valence-electron chi connectivity index (χ0n) is 16.8. The van der Waals surface area contributed by atoms with Gasteiger partial charge in [0.25, 0.3) is 5.69 Å². The number of carbonyl (C=O) groups is 2. The number of esters is 2. The van der Waals surface area contributed by atoms with Gasteiger partial charge in [-0.15, -0.1) is 0 Å². The third-order valence-corrected chi connectivity index (χ3v) is 5.56. The van der Waals surface area contributed by atoms with Crippen LogP contribution in [0.3, 0.4) is 0 Å². The van der Waals surface area contributed by atoms with E-state index in [-0.39, 0.29) is 22.4 Å². The maximum atomic E-state index is 12.9. The van der Waals surface area contributed by atoms with E-state index in [1.54, 1.807) is 25.1 Å². The Kier molecular flexibility index (Phi) is 6.00. The highest BCUT2D eigenvalue weighted by Crippen LogP contribution is 2.47. The van der Waals surface area contributed by atoms with Gasteiger partial charge in [0.2, 0.25) is 0 Å². The average molecular weight is 400 g/mol. The number of methoxy groups -OCH3 is 2. The summed E-state index contributed by atoms with van der Waals surface area (Å²) in [5.74, 6) is -2.14. The van der Waals surface area contributed by atoms with Crippen LogP contribution in [0.25, 0.3) is 0 Å². The highest BCUT2D eigenvalue weighted by atomic mass is 16.6. The minimum absolute atomic E-state index is 0.157. The molecule has 8 nitrogen and oxygen atoms in total. The number of nitro benzene ring substituents is 1. The van der Waals surface area contributed by atoms with Crippen molar-refractivity contribution in [3.8, 4) is 0 Å². The van der Waals surface area contributed by atoms with E-state index in [1.165, 1.54) is 20.3 Å². The minimum atomic E-state index is -0.930. The van der Waals surface area contributed by atoms with Crippen LogP contribution in [0.4, 0.5) is 5.69 Å². The molecule has 8 heteroatoms. The molecule has 29 heavy (non-hydrogen) atoms. The Hall–Kier alpha value is -3.16. The number of hydrogen-bond acceptors (Lipinski definition) is 7. The lowest BCUT2D eigenvalue weighted by molar-refractivity contribution is -0.385. The quantitative estimate of drug-likeness (QED) is 0.434. The predicted molar refractivity (Wildman–Crippen MR) is 105 cm³/mol. The van der Waals surface area contributed by atoms with E-state index in [2.05, 4.69) is 0 Å². The van der Waals surface area contributed by atoms with Crippen LogP contribution in [0, 0.1) is 10.1 Å². The SMILES string of the molecule is COC(=O)C1=C(C)N2CCCCCC2=C(C(=O)OC)C1c1ccccc1[N+](=O)[O-]. The molecule has 2 aliphatic heterocycles. The van der Waals surface area contributed by atoms with Gasteiger partial charge >= 0.3 is 11.9 Å². The highest BCUT2D eigenvalue weighted by molar-refractivity contribution is 6.00. The summed E-state index contributed by atoms with van der Waals surface area (Å²) in [6.07, 6.45) is 3.43. The molecule has 0 aromatic heterocycles. The molecule has 1 saturated heterocycles. The molecular formula is C21H24N2O6. The molecule has 1 aromatic carbocycles. The van der Waals surface area contributed by atoms with E-state index in [0.717, 1.165) is 25.0 Å². The maximum Gasteiger partial charge on any atom is 0.336 e. The predicted octanol–water partition coefficient (Wildman–Crippen LogP) is 3.44. The fraction of sp³-hybridized carbons (Fsp3) is 0.429. The standard InChI is InChI=1S/C21H24N2O6/c1-13-17(20(24)28-2)18(14-9-6-7-10-15(14)23(26)27)19(21(25)29-3)16-11-5-4-8-12-22(13)16/h6-7,9-10,18H,4-5,8,11-12H2,1-3H3. The van der Waals surface area contributed by atoms with Crippen LogP contribution in [0.15, 0.2) is 46.8 Å². The summed E-state index contributed by atoms with van der Waals surface area (Å²) in [5.41, 5.74) is 2.04. The molecule has 0 amide bonds. The van der Waals surface area contributed by atoms with Gasteiger partial charge in [-0.05, 0) is 26.2 Å². The van der Waals surface area contributed by atoms with Crippen molar-refractivity contribution in [1.82, 2.24) is 4.90 Å². The molecule has 0 radical (unpaired) electrons. The third kappa shape index (κ3) is 3.62. The first-order valence-corrected chi connectivity index (χ1v) is 9.53. The number of fused-ring (bicyclic) bond motifs is 1. The van der Waals surface area contributed by atoms with Crippen LogP contribution < -0.4 is 0 Å². The first-order valence-electron chi connectivity index (χ1n) is 9.53. The van der Waals surface area contributed by atoms with Crippen LogP contribution in [0.5, 0.6) is 0 Å². The van der Waals surface area contributed by atoms with E-state index >= 15 is 0 Å². The molecule has 154 valence electrons. The van der Waals surface area contributed by atoms with Crippen molar-refractivity contribution in [2.24, 2.45) is 0 Å². The van der Waals surface area contributed by atoms with Crippen molar-refractivity contribution < 1.29 is 24.0 Å². The van der Waals surface area contributed by atoms with Crippen LogP contribution >= 0.6 is 0 Å². The summed E-state index contributed by atoms with van der Waals surface area (Å²) in [4.78, 5) is 38.9. The Balaban J connectivity index is 2.36. The molecule has 0 spiro atoms. The van der Waals surface area contributed by atoms with Crippen LogP contribution in [-0.4, -0.2) is 42.5 Å². The normalized spacial score (nSPS) is 19.4. The van der Waals surface area contributed by atoms with Crippen molar-refractivity contribution in [1.29, 1.82) is 0 Å². The molecule has 0 saturated carbocycles. The lowest BCUT2D eigenvalue weighted by Gasteiger charge is -2.38. The van der Waals surface area contributed by atoms with Crippen LogP contribution in [0.2, 0.25) is 0 Å². The summed E-state index contributed by atoms with van der Waals surface area (Å²) in [7, 11) is 2.54. The van der Waals surface area contributed by atoms with E-state index in [0.29, 0.717) is 18.7 Å². The van der Waals surface area contributed by atoms with Crippen molar-refractivity contribution in [3.63, 3.8) is 0 Å². The first kappa shape index (κ1) is 20.6. The second-order valence-electron chi connectivity index (χ2n) is 7.05. The van der Waals surface area contributed by atoms with Crippen molar-refractivity contribution >= 4 is 17.6 Å². The molecule has 1 fully saturated rings. The second-order valence-corrected chi connectivity index (χ2v) is 7.05. The third-order valence-electron chi connectivity index (χ3n) is 5.56. The Morgan fingerprint density at radius 2 is 1.72 bits per heavy atom. The van der Waals surface area contributed by atoms with Crippen molar-refractivity contribution in [2.75, 3.05) is 20.8 Å². The van der Waals surface area contributed by atoms with Crippen molar-refractivity contribution in [3.05, 3.63) is 62.5 Å². The van der Waals surface area contributed by atoms with E-state index < -0.39 is 22.8 Å². The number of benzene rings is 1. The Morgan fingerprint density at radius 1 is 1.07 bits per heavy atom. The van der Waals surface area contributed by atoms with Crippen LogP contribution in [-0.2, 0) is 19.1 Å². The second kappa shape index (κ2) is 8.46. The van der Waals surface area contributed by atoms with Gasteiger partial charge in [-0.2, -0.15) is 0 Å². The number of ether oxygens (including phenoxy) is 2. The Bertz CT molecular complexity index is 918. The van der Waals surface area contributed by atoms with Gasteiger partial charge < -0.3 is 14.4 Å². The van der Waals surface area contributed by atoms with E-state index in [9.17, 15) is 19.7 Å². The summed E-state index contributed by atoms with van der Waals surface area (Å²) in [6.45, 7) is 2.46. The molecule has 2 aliphatic rings. The highest BCUT2D eigenvalue weighted by Gasteiger charge is 2.43. The summed E-state index contributed by atoms with van der Waals surface area (Å²) >= 11 is 0. The topological polar surface area (TPSA) is 99.0 Å². The number of hydrogen-bond donors (Lipinski definition) is 0. The number of carbonyl (C=O) groups excluding carboxylic acids is 2. The zero-order valence-corrected chi connectivity index (χ0v) is 16.8. The van der Waals surface area contributed by atoms with Gasteiger partial charge in [-0.25, -0.2) is 9.59 Å². The average Bonchev–Trinajstić information content (AvgIpc) is 2.98. The fourth-order valence-electron chi connectivity index (χ4n) is 4.25. The minimum Gasteiger partial charge on any atom is -0.466 e. The largest absolute Gasteiger partial charge is 0.466 e. The van der Waals surface area contributed by atoms with Gasteiger partial charge in [0, 0.05) is 29.6 Å². The number of allylic oxidation sites excluding steroid dienone is 2. The van der Waals surface area contributed by atoms with E-state index in [4.69, 9.17) is 9.47 Å². The summed E-state index contributed by atoms with van der Waals surface area (Å²) in [5, 5.41) is 11.7. The number of nitro groups is 1. The van der Waals surface area contributed by atoms with Gasteiger partial charge in [0.05, 0.1) is 36.2 Å². The van der Waals surface area contributed by atoms with Gasteiger partial charge in [0.1, 0.15) is 0 Å². The smallest absolute Gasteiger partial charge is 0.336 e. The Labute approximate surface area is 168 Å². The van der Waals surface area contributed by atoms with Gasteiger partial charge in [0.15, 0.2) is 0 Å². The lowest BCUT2D eigenvalue weighted by Crippen LogP contribution is -2.36. The molecule has 1 aromatic rings. The zero-order chi connectivity index (χ0) is 21.1. The number of nitrogens with zero attached hydrogens (tertiary/aromatic N) is 2. The summed E-state index contributed by atoms with van der Waals surface area (Å²) in [6, 6.07) is 6.17. The Morgan fingerprint density at radius 3 is 2.38 bits per heavy atom. The fourth-order valence-corrected chi connectivity index (χ4v) is 4.25. The first-order chi connectivity index (χ1) is 13.9. The summed E-state index contributed by atoms with van der Waals surface area (Å²) < 4.78 is 10.1. The number of rotatable bonds is 4. The molecular weight excluding hydrogens is 376 g/mol. The maximum absolute atomic E-state index is 12.9. The molecule has 2 heterocycles. The molecule has 1 atom stereocenters. The molecule has 1 unspecified atom stereocenters. The van der Waals surface area contributed by atoms with Crippen molar-refractivity contribution in [2.45, 2.75) is 38.5 Å². The molecule has 0 bridgehead atoms. The number of para-hydroxylation sites is 1.